The summed E-state index contributed by atoms with van der Waals surface area (Å²) in [5, 5.41) is 0. The van der Waals surface area contributed by atoms with E-state index in [-0.39, 0.29) is 11.6 Å². The van der Waals surface area contributed by atoms with Gasteiger partial charge in [-0.05, 0) is 52.3 Å². The number of hydrogen-bond acceptors (Lipinski definition) is 1. The van der Waals surface area contributed by atoms with Crippen LogP contribution in [0.2, 0.25) is 0 Å². The summed E-state index contributed by atoms with van der Waals surface area (Å²) >= 11 is 3.25. The van der Waals surface area contributed by atoms with Crippen LogP contribution in [-0.2, 0) is 13.1 Å². The lowest BCUT2D eigenvalue weighted by atomic mass is 10.2. The summed E-state index contributed by atoms with van der Waals surface area (Å²) in [5.74, 6) is -0.494. The molecule has 0 saturated heterocycles. The van der Waals surface area contributed by atoms with Crippen LogP contribution in [0.3, 0.4) is 0 Å². The second kappa shape index (κ2) is 6.26. The van der Waals surface area contributed by atoms with E-state index in [0.29, 0.717) is 17.6 Å². The summed E-state index contributed by atoms with van der Waals surface area (Å²) in [4.78, 5) is 2.05. The SMILES string of the molecule is CN(Cc1ccc(F)cc1)Cc1cccc(F)c1Br. The summed E-state index contributed by atoms with van der Waals surface area (Å²) in [6, 6.07) is 11.4. The molecule has 0 spiro atoms. The first-order chi connectivity index (χ1) is 9.06. The van der Waals surface area contributed by atoms with Gasteiger partial charge in [0.15, 0.2) is 0 Å². The minimum Gasteiger partial charge on any atom is -0.298 e. The van der Waals surface area contributed by atoms with E-state index in [4.69, 9.17) is 0 Å². The van der Waals surface area contributed by atoms with Crippen LogP contribution >= 0.6 is 15.9 Å². The van der Waals surface area contributed by atoms with Crippen molar-refractivity contribution in [2.24, 2.45) is 0 Å². The molecule has 0 aliphatic rings. The Morgan fingerprint density at radius 2 is 1.68 bits per heavy atom. The van der Waals surface area contributed by atoms with E-state index in [1.807, 2.05) is 18.0 Å². The Kier molecular flexibility index (Phi) is 4.66. The molecule has 0 N–H and O–H groups in total. The van der Waals surface area contributed by atoms with Gasteiger partial charge in [-0.15, -0.1) is 0 Å². The first-order valence-electron chi connectivity index (χ1n) is 5.92. The third-order valence-electron chi connectivity index (χ3n) is 2.84. The van der Waals surface area contributed by atoms with Crippen LogP contribution in [0, 0.1) is 11.6 Å². The molecule has 100 valence electrons. The fraction of sp³-hybridized carbons (Fsp3) is 0.200. The third-order valence-corrected chi connectivity index (χ3v) is 3.73. The lowest BCUT2D eigenvalue weighted by Crippen LogP contribution is -2.17. The van der Waals surface area contributed by atoms with Crippen molar-refractivity contribution in [2.75, 3.05) is 7.05 Å². The van der Waals surface area contributed by atoms with Crippen LogP contribution in [0.15, 0.2) is 46.9 Å². The minimum absolute atomic E-state index is 0.237. The summed E-state index contributed by atoms with van der Waals surface area (Å²) in [7, 11) is 1.95. The second-order valence-electron chi connectivity index (χ2n) is 4.51. The van der Waals surface area contributed by atoms with Crippen LogP contribution in [0.1, 0.15) is 11.1 Å². The van der Waals surface area contributed by atoms with Gasteiger partial charge >= 0.3 is 0 Å². The maximum Gasteiger partial charge on any atom is 0.137 e. The average molecular weight is 326 g/mol. The normalized spacial score (nSPS) is 11.0. The smallest absolute Gasteiger partial charge is 0.137 e. The zero-order valence-corrected chi connectivity index (χ0v) is 12.1. The standard InChI is InChI=1S/C15H14BrF2N/c1-19(9-11-5-7-13(17)8-6-11)10-12-3-2-4-14(18)15(12)16/h2-8H,9-10H2,1H3. The highest BCUT2D eigenvalue weighted by Gasteiger charge is 2.08. The molecule has 0 aromatic heterocycles. The predicted octanol–water partition coefficient (Wildman–Crippen LogP) is 4.36. The average Bonchev–Trinajstić information content (AvgIpc) is 2.38. The molecule has 0 radical (unpaired) electrons. The fourth-order valence-electron chi connectivity index (χ4n) is 1.92. The molecule has 0 unspecified atom stereocenters. The molecule has 19 heavy (non-hydrogen) atoms. The zero-order valence-electron chi connectivity index (χ0n) is 10.5. The van der Waals surface area contributed by atoms with Gasteiger partial charge in [0.25, 0.3) is 0 Å². The lowest BCUT2D eigenvalue weighted by Gasteiger charge is -2.17. The van der Waals surface area contributed by atoms with Gasteiger partial charge in [-0.1, -0.05) is 24.3 Å². The highest BCUT2D eigenvalue weighted by Crippen LogP contribution is 2.22. The number of rotatable bonds is 4. The number of hydrogen-bond donors (Lipinski definition) is 0. The molecular formula is C15H14BrF2N. The monoisotopic (exact) mass is 325 g/mol. The van der Waals surface area contributed by atoms with E-state index in [1.54, 1.807) is 18.2 Å². The molecule has 0 saturated carbocycles. The topological polar surface area (TPSA) is 3.24 Å². The van der Waals surface area contributed by atoms with Crippen molar-refractivity contribution in [3.05, 3.63) is 69.7 Å². The molecule has 4 heteroatoms. The summed E-state index contributed by atoms with van der Waals surface area (Å²) < 4.78 is 26.7. The molecule has 0 amide bonds. The van der Waals surface area contributed by atoms with Gasteiger partial charge in [0.05, 0.1) is 4.47 Å². The molecule has 2 rings (SSSR count). The van der Waals surface area contributed by atoms with Gasteiger partial charge in [0.1, 0.15) is 11.6 Å². The van der Waals surface area contributed by atoms with Crippen molar-refractivity contribution >= 4 is 15.9 Å². The van der Waals surface area contributed by atoms with Crippen molar-refractivity contribution in [1.29, 1.82) is 0 Å². The molecule has 0 aliphatic heterocycles. The van der Waals surface area contributed by atoms with Crippen LogP contribution in [0.4, 0.5) is 8.78 Å². The van der Waals surface area contributed by atoms with Gasteiger partial charge < -0.3 is 0 Å². The number of benzene rings is 2. The van der Waals surface area contributed by atoms with E-state index in [9.17, 15) is 8.78 Å². The summed E-state index contributed by atoms with van der Waals surface area (Å²) in [5.41, 5.74) is 1.92. The fourth-order valence-corrected chi connectivity index (χ4v) is 2.31. The van der Waals surface area contributed by atoms with Gasteiger partial charge in [0.2, 0.25) is 0 Å². The van der Waals surface area contributed by atoms with E-state index in [1.165, 1.54) is 18.2 Å². The Balaban J connectivity index is 2.03. The molecule has 0 aliphatic carbocycles. The van der Waals surface area contributed by atoms with Crippen molar-refractivity contribution in [1.82, 2.24) is 4.90 Å². The van der Waals surface area contributed by atoms with Crippen molar-refractivity contribution in [2.45, 2.75) is 13.1 Å². The first kappa shape index (κ1) is 14.2. The Bertz CT molecular complexity index is 555. The van der Waals surface area contributed by atoms with E-state index >= 15 is 0 Å². The predicted molar refractivity (Wildman–Crippen MR) is 75.7 cm³/mol. The first-order valence-corrected chi connectivity index (χ1v) is 6.71. The highest BCUT2D eigenvalue weighted by atomic mass is 79.9. The molecule has 2 aromatic carbocycles. The van der Waals surface area contributed by atoms with Gasteiger partial charge in [-0.3, -0.25) is 4.90 Å². The van der Waals surface area contributed by atoms with E-state index in [2.05, 4.69) is 15.9 Å². The number of halogens is 3. The van der Waals surface area contributed by atoms with Crippen LogP contribution in [0.5, 0.6) is 0 Å². The van der Waals surface area contributed by atoms with Gasteiger partial charge in [0, 0.05) is 13.1 Å². The molecule has 0 heterocycles. The molecule has 0 bridgehead atoms. The Labute approximate surface area is 120 Å². The van der Waals surface area contributed by atoms with E-state index in [0.717, 1.165) is 11.1 Å². The molecular weight excluding hydrogens is 312 g/mol. The van der Waals surface area contributed by atoms with E-state index < -0.39 is 0 Å². The molecule has 2 aromatic rings. The van der Waals surface area contributed by atoms with Gasteiger partial charge in [-0.2, -0.15) is 0 Å². The maximum atomic E-state index is 13.4. The Morgan fingerprint density at radius 1 is 1.00 bits per heavy atom. The minimum atomic E-state index is -0.257. The highest BCUT2D eigenvalue weighted by molar-refractivity contribution is 9.10. The van der Waals surface area contributed by atoms with Crippen LogP contribution in [0.25, 0.3) is 0 Å². The molecule has 0 atom stereocenters. The lowest BCUT2D eigenvalue weighted by molar-refractivity contribution is 0.317. The van der Waals surface area contributed by atoms with Crippen LogP contribution < -0.4 is 0 Å². The summed E-state index contributed by atoms with van der Waals surface area (Å²) in [6.45, 7) is 1.30. The van der Waals surface area contributed by atoms with Crippen molar-refractivity contribution < 1.29 is 8.78 Å². The second-order valence-corrected chi connectivity index (χ2v) is 5.30. The Hall–Kier alpha value is -1.26. The van der Waals surface area contributed by atoms with Gasteiger partial charge in [-0.25, -0.2) is 8.78 Å². The zero-order chi connectivity index (χ0) is 13.8. The number of nitrogens with zero attached hydrogens (tertiary/aromatic N) is 1. The summed E-state index contributed by atoms with van der Waals surface area (Å²) in [6.07, 6.45) is 0. The van der Waals surface area contributed by atoms with Crippen molar-refractivity contribution in [3.8, 4) is 0 Å². The van der Waals surface area contributed by atoms with Crippen molar-refractivity contribution in [3.63, 3.8) is 0 Å². The molecule has 1 nitrogen and oxygen atoms in total. The largest absolute Gasteiger partial charge is 0.298 e. The molecule has 0 fully saturated rings. The quantitative estimate of drug-likeness (QED) is 0.807. The third kappa shape index (κ3) is 3.85. The Morgan fingerprint density at radius 3 is 2.37 bits per heavy atom. The van der Waals surface area contributed by atoms with Crippen LogP contribution in [-0.4, -0.2) is 11.9 Å². The maximum absolute atomic E-state index is 13.4.